The van der Waals surface area contributed by atoms with Crippen LogP contribution in [0.1, 0.15) is 44.9 Å². The molecule has 0 aliphatic carbocycles. The van der Waals surface area contributed by atoms with E-state index < -0.39 is 0 Å². The van der Waals surface area contributed by atoms with Gasteiger partial charge in [0.05, 0.1) is 5.41 Å². The van der Waals surface area contributed by atoms with E-state index in [2.05, 4.69) is 9.80 Å². The van der Waals surface area contributed by atoms with Gasteiger partial charge in [-0.05, 0) is 69.2 Å². The van der Waals surface area contributed by atoms with Crippen molar-refractivity contribution < 1.29 is 14.0 Å². The van der Waals surface area contributed by atoms with Crippen LogP contribution < -0.4 is 4.90 Å². The zero-order valence-electron chi connectivity index (χ0n) is 21.1. The van der Waals surface area contributed by atoms with Gasteiger partial charge in [-0.3, -0.25) is 9.69 Å². The maximum absolute atomic E-state index is 13.3. The van der Waals surface area contributed by atoms with Crippen molar-refractivity contribution in [2.75, 3.05) is 70.9 Å². The van der Waals surface area contributed by atoms with Gasteiger partial charge in [-0.2, -0.15) is 0 Å². The molecule has 3 amide bonds. The van der Waals surface area contributed by atoms with Crippen LogP contribution in [0.15, 0.2) is 24.3 Å². The minimum atomic E-state index is -0.278. The molecule has 5 rings (SSSR count). The number of piperazine rings is 1. The number of carbonyl (C=O) groups excluding carboxylic acids is 2. The van der Waals surface area contributed by atoms with Crippen molar-refractivity contribution in [3.05, 3.63) is 30.1 Å². The molecular weight excluding hydrogens is 445 g/mol. The number of anilines is 1. The lowest BCUT2D eigenvalue weighted by Gasteiger charge is -2.40. The van der Waals surface area contributed by atoms with Gasteiger partial charge >= 0.3 is 6.03 Å². The molecule has 35 heavy (non-hydrogen) atoms. The number of rotatable bonds is 4. The highest BCUT2D eigenvalue weighted by atomic mass is 19.1. The predicted molar refractivity (Wildman–Crippen MR) is 135 cm³/mol. The normalized spacial score (nSPS) is 25.5. The number of carbonyl (C=O) groups is 2. The Bertz CT molecular complexity index is 887. The third kappa shape index (κ3) is 5.13. The maximum atomic E-state index is 13.3. The summed E-state index contributed by atoms with van der Waals surface area (Å²) in [6.07, 6.45) is 6.94. The van der Waals surface area contributed by atoms with E-state index in [1.54, 1.807) is 0 Å². The topological polar surface area (TPSA) is 50.3 Å². The fraction of sp³-hybridized carbons (Fsp3) is 0.704. The second kappa shape index (κ2) is 10.3. The van der Waals surface area contributed by atoms with E-state index in [4.69, 9.17) is 0 Å². The zero-order chi connectivity index (χ0) is 24.4. The average Bonchev–Trinajstić information content (AvgIpc) is 3.13. The number of amides is 3. The van der Waals surface area contributed by atoms with Gasteiger partial charge in [0.2, 0.25) is 5.91 Å². The highest BCUT2D eigenvalue weighted by Gasteiger charge is 2.51. The Labute approximate surface area is 208 Å². The Kier molecular flexibility index (Phi) is 7.19. The van der Waals surface area contributed by atoms with Gasteiger partial charge in [0.15, 0.2) is 0 Å². The van der Waals surface area contributed by atoms with Gasteiger partial charge in [0, 0.05) is 77.7 Å². The highest BCUT2D eigenvalue weighted by molar-refractivity contribution is 5.85. The molecule has 8 heteroatoms. The van der Waals surface area contributed by atoms with Gasteiger partial charge in [-0.1, -0.05) is 0 Å². The van der Waals surface area contributed by atoms with Crippen LogP contribution in [0.3, 0.4) is 0 Å². The number of hydrogen-bond acceptors (Lipinski definition) is 4. The Morgan fingerprint density at radius 2 is 1.54 bits per heavy atom. The first-order valence-corrected chi connectivity index (χ1v) is 13.5. The van der Waals surface area contributed by atoms with Crippen LogP contribution in [0.2, 0.25) is 0 Å². The monoisotopic (exact) mass is 485 g/mol. The summed E-state index contributed by atoms with van der Waals surface area (Å²) in [5.74, 6) is 0.0911. The van der Waals surface area contributed by atoms with Crippen molar-refractivity contribution >= 4 is 17.6 Å². The van der Waals surface area contributed by atoms with Crippen molar-refractivity contribution in [2.45, 2.75) is 51.0 Å². The Morgan fingerprint density at radius 3 is 2.20 bits per heavy atom. The summed E-state index contributed by atoms with van der Waals surface area (Å²) in [5, 5.41) is 0. The molecule has 0 radical (unpaired) electrons. The largest absolute Gasteiger partial charge is 0.369 e. The van der Waals surface area contributed by atoms with Crippen LogP contribution in [0, 0.1) is 11.2 Å². The summed E-state index contributed by atoms with van der Waals surface area (Å²) < 4.78 is 13.2. The van der Waals surface area contributed by atoms with Crippen LogP contribution in [0.25, 0.3) is 0 Å². The Morgan fingerprint density at radius 1 is 0.914 bits per heavy atom. The van der Waals surface area contributed by atoms with E-state index in [1.165, 1.54) is 18.6 Å². The number of halogens is 1. The average molecular weight is 486 g/mol. The van der Waals surface area contributed by atoms with Gasteiger partial charge in [-0.25, -0.2) is 9.18 Å². The Hall–Kier alpha value is -2.35. The molecule has 1 atom stereocenters. The number of piperidine rings is 2. The fourth-order valence-corrected chi connectivity index (χ4v) is 6.55. The second-order valence-corrected chi connectivity index (χ2v) is 11.0. The van der Waals surface area contributed by atoms with Crippen LogP contribution in [0.5, 0.6) is 0 Å². The molecule has 1 spiro atoms. The van der Waals surface area contributed by atoms with E-state index in [9.17, 15) is 14.0 Å². The number of benzene rings is 1. The van der Waals surface area contributed by atoms with Gasteiger partial charge in [-0.15, -0.1) is 0 Å². The van der Waals surface area contributed by atoms with Crippen molar-refractivity contribution in [1.29, 1.82) is 0 Å². The SMILES string of the molecule is CN1C(=O)C2(CCN(C(=O)N3CCCCC3)CC2)C[C@@H]1CCN1CCN(c2ccc(F)cc2)CC1. The first-order chi connectivity index (χ1) is 16.9. The minimum Gasteiger partial charge on any atom is -0.369 e. The van der Waals surface area contributed by atoms with Crippen LogP contribution in [0.4, 0.5) is 14.9 Å². The first kappa shape index (κ1) is 24.3. The molecule has 1 aromatic carbocycles. The molecule has 192 valence electrons. The van der Waals surface area contributed by atoms with E-state index in [-0.39, 0.29) is 29.2 Å². The van der Waals surface area contributed by atoms with Crippen LogP contribution >= 0.6 is 0 Å². The zero-order valence-corrected chi connectivity index (χ0v) is 21.1. The molecular formula is C27H40FN5O2. The van der Waals surface area contributed by atoms with Gasteiger partial charge in [0.1, 0.15) is 5.82 Å². The fourth-order valence-electron chi connectivity index (χ4n) is 6.55. The Balaban J connectivity index is 1.09. The van der Waals surface area contributed by atoms with Crippen molar-refractivity contribution in [1.82, 2.24) is 19.6 Å². The first-order valence-electron chi connectivity index (χ1n) is 13.5. The lowest BCUT2D eigenvalue weighted by atomic mass is 9.75. The third-order valence-corrected chi connectivity index (χ3v) is 8.91. The maximum Gasteiger partial charge on any atom is 0.319 e. The van der Waals surface area contributed by atoms with E-state index >= 15 is 0 Å². The van der Waals surface area contributed by atoms with E-state index in [1.807, 2.05) is 33.9 Å². The molecule has 0 saturated carbocycles. The van der Waals surface area contributed by atoms with Crippen molar-refractivity contribution in [3.8, 4) is 0 Å². The number of likely N-dealkylation sites (tertiary alicyclic amines) is 3. The highest BCUT2D eigenvalue weighted by Crippen LogP contribution is 2.45. The molecule has 4 heterocycles. The molecule has 7 nitrogen and oxygen atoms in total. The second-order valence-electron chi connectivity index (χ2n) is 11.0. The quantitative estimate of drug-likeness (QED) is 0.657. The molecule has 4 aliphatic rings. The van der Waals surface area contributed by atoms with Crippen LogP contribution in [-0.2, 0) is 4.79 Å². The molecule has 0 bridgehead atoms. The summed E-state index contributed by atoms with van der Waals surface area (Å²) in [5.41, 5.74) is 0.804. The van der Waals surface area contributed by atoms with Crippen molar-refractivity contribution in [3.63, 3.8) is 0 Å². The molecule has 0 unspecified atom stereocenters. The van der Waals surface area contributed by atoms with Crippen LogP contribution in [-0.4, -0.2) is 104 Å². The number of nitrogens with zero attached hydrogens (tertiary/aromatic N) is 5. The molecule has 0 N–H and O–H groups in total. The summed E-state index contributed by atoms with van der Waals surface area (Å²) >= 11 is 0. The summed E-state index contributed by atoms with van der Waals surface area (Å²) in [7, 11) is 1.97. The standard InChI is InChI=1S/C27H40FN5O2/c1-29-24(9-14-30-17-19-31(20-18-30)23-7-5-22(28)6-8-23)21-27(25(29)34)10-15-33(16-11-27)26(35)32-12-3-2-4-13-32/h5-8,24H,2-4,9-21H2,1H3/t24-/m0/s1. The van der Waals surface area contributed by atoms with E-state index in [0.29, 0.717) is 13.1 Å². The molecule has 4 aliphatic heterocycles. The van der Waals surface area contributed by atoms with Crippen molar-refractivity contribution in [2.24, 2.45) is 5.41 Å². The minimum absolute atomic E-state index is 0.176. The molecule has 4 fully saturated rings. The predicted octanol–water partition coefficient (Wildman–Crippen LogP) is 3.26. The number of hydrogen-bond donors (Lipinski definition) is 0. The lowest BCUT2D eigenvalue weighted by Crippen LogP contribution is -2.51. The molecule has 0 aromatic heterocycles. The summed E-state index contributed by atoms with van der Waals surface area (Å²) in [6, 6.07) is 7.22. The van der Waals surface area contributed by atoms with Gasteiger partial charge < -0.3 is 19.6 Å². The molecule has 4 saturated heterocycles. The third-order valence-electron chi connectivity index (χ3n) is 8.91. The lowest BCUT2D eigenvalue weighted by molar-refractivity contribution is -0.137. The van der Waals surface area contributed by atoms with Gasteiger partial charge in [0.25, 0.3) is 0 Å². The number of urea groups is 1. The summed E-state index contributed by atoms with van der Waals surface area (Å²) in [4.78, 5) is 37.0. The smallest absolute Gasteiger partial charge is 0.319 e. The summed E-state index contributed by atoms with van der Waals surface area (Å²) in [6.45, 7) is 8.01. The molecule has 1 aromatic rings. The van der Waals surface area contributed by atoms with E-state index in [0.717, 1.165) is 90.0 Å².